The molecule has 59 heavy (non-hydrogen) atoms. The Morgan fingerprint density at radius 1 is 0.237 bits per heavy atom. The van der Waals surface area contributed by atoms with E-state index in [0.29, 0.717) is 0 Å². The largest absolute Gasteiger partial charge is 0.309 e. The minimum Gasteiger partial charge on any atom is -0.309 e. The molecule has 0 saturated carbocycles. The van der Waals surface area contributed by atoms with Crippen molar-refractivity contribution >= 4 is 148 Å². The summed E-state index contributed by atoms with van der Waals surface area (Å²) in [6, 6.07) is 66.3. The fourth-order valence-corrected chi connectivity index (χ4v) is 14.1. The van der Waals surface area contributed by atoms with Crippen molar-refractivity contribution in [2.75, 3.05) is 0 Å². The van der Waals surface area contributed by atoms with Crippen molar-refractivity contribution in [3.8, 4) is 27.9 Å². The SMILES string of the molecule is c1ccc(-n2c3ccc(-c4ccc5sc6cc7c(cc6c5c4)sc4ccccc47)cc3c3cc(-c4ccc5sc6cc7sc8ccccc8c7cc6c5c4)ccc32)cc1. The van der Waals surface area contributed by atoms with Crippen LogP contribution in [-0.2, 0) is 0 Å². The number of thiophene rings is 4. The number of nitrogens with zero attached hydrogens (tertiary/aromatic N) is 1. The van der Waals surface area contributed by atoms with Gasteiger partial charge in [0.15, 0.2) is 0 Å². The van der Waals surface area contributed by atoms with Gasteiger partial charge in [0.1, 0.15) is 0 Å². The van der Waals surface area contributed by atoms with Crippen LogP contribution in [0.25, 0.3) is 130 Å². The monoisotopic (exact) mass is 819 g/mol. The van der Waals surface area contributed by atoms with Gasteiger partial charge in [0.25, 0.3) is 0 Å². The van der Waals surface area contributed by atoms with E-state index in [9.17, 15) is 0 Å². The van der Waals surface area contributed by atoms with Crippen LogP contribution in [0.1, 0.15) is 0 Å². The zero-order chi connectivity index (χ0) is 38.3. The smallest absolute Gasteiger partial charge is 0.0541 e. The van der Waals surface area contributed by atoms with Crippen LogP contribution < -0.4 is 0 Å². The maximum atomic E-state index is 2.44. The average Bonchev–Trinajstić information content (AvgIpc) is 4.09. The number of rotatable bonds is 3. The summed E-state index contributed by atoms with van der Waals surface area (Å²) in [5, 5.41) is 13.3. The number of para-hydroxylation sites is 1. The highest BCUT2D eigenvalue weighted by Crippen LogP contribution is 2.45. The molecule has 0 bridgehead atoms. The van der Waals surface area contributed by atoms with Gasteiger partial charge in [-0.3, -0.25) is 0 Å². The van der Waals surface area contributed by atoms with Crippen molar-refractivity contribution in [2.24, 2.45) is 0 Å². The van der Waals surface area contributed by atoms with Crippen LogP contribution in [0.4, 0.5) is 0 Å². The molecular formula is C54H29NS4. The maximum Gasteiger partial charge on any atom is 0.0541 e. The van der Waals surface area contributed by atoms with Gasteiger partial charge in [-0.25, -0.2) is 0 Å². The molecule has 14 rings (SSSR count). The van der Waals surface area contributed by atoms with Crippen molar-refractivity contribution in [1.82, 2.24) is 4.57 Å². The van der Waals surface area contributed by atoms with Crippen molar-refractivity contribution in [3.63, 3.8) is 0 Å². The maximum absolute atomic E-state index is 2.44. The van der Waals surface area contributed by atoms with E-state index in [1.165, 1.54) is 130 Å². The molecule has 5 heteroatoms. The second-order valence-corrected chi connectivity index (χ2v) is 20.0. The molecule has 0 aliphatic heterocycles. The van der Waals surface area contributed by atoms with Gasteiger partial charge in [-0.05, 0) is 119 Å². The van der Waals surface area contributed by atoms with Gasteiger partial charge < -0.3 is 4.57 Å². The molecule has 0 atom stereocenters. The van der Waals surface area contributed by atoms with Crippen LogP contribution in [0, 0.1) is 0 Å². The Hall–Kier alpha value is -6.34. The lowest BCUT2D eigenvalue weighted by atomic mass is 9.98. The van der Waals surface area contributed by atoms with E-state index >= 15 is 0 Å². The molecule has 274 valence electrons. The van der Waals surface area contributed by atoms with E-state index in [4.69, 9.17) is 0 Å². The predicted octanol–water partition coefficient (Wildman–Crippen LogP) is 17.6. The summed E-state index contributed by atoms with van der Waals surface area (Å²) in [6.07, 6.45) is 0. The molecule has 0 radical (unpaired) electrons. The summed E-state index contributed by atoms with van der Waals surface area (Å²) < 4.78 is 13.2. The third-order valence-electron chi connectivity index (χ3n) is 12.4. The molecule has 0 amide bonds. The number of hydrogen-bond donors (Lipinski definition) is 0. The highest BCUT2D eigenvalue weighted by molar-refractivity contribution is 7.28. The molecule has 5 heterocycles. The van der Waals surface area contributed by atoms with Crippen LogP contribution in [0.5, 0.6) is 0 Å². The highest BCUT2D eigenvalue weighted by atomic mass is 32.1. The van der Waals surface area contributed by atoms with Crippen LogP contribution >= 0.6 is 45.3 Å². The summed E-state index contributed by atoms with van der Waals surface area (Å²) >= 11 is 7.60. The molecule has 14 aromatic rings. The van der Waals surface area contributed by atoms with Gasteiger partial charge in [0, 0.05) is 97.1 Å². The lowest BCUT2D eigenvalue weighted by Crippen LogP contribution is -1.93. The summed E-state index contributed by atoms with van der Waals surface area (Å²) in [5.41, 5.74) is 8.56. The predicted molar refractivity (Wildman–Crippen MR) is 263 cm³/mol. The second kappa shape index (κ2) is 12.1. The topological polar surface area (TPSA) is 4.93 Å². The van der Waals surface area contributed by atoms with Crippen LogP contribution in [0.15, 0.2) is 176 Å². The normalized spacial score (nSPS) is 12.4. The fraction of sp³-hybridized carbons (Fsp3) is 0. The third kappa shape index (κ3) is 4.76. The molecule has 1 nitrogen and oxygen atoms in total. The van der Waals surface area contributed by atoms with Crippen LogP contribution in [0.3, 0.4) is 0 Å². The third-order valence-corrected chi connectivity index (χ3v) is 16.9. The Kier molecular flexibility index (Phi) is 6.69. The quantitative estimate of drug-likeness (QED) is 0.167. The summed E-state index contributed by atoms with van der Waals surface area (Å²) in [7, 11) is 0. The molecule has 9 aromatic carbocycles. The molecule has 0 fully saturated rings. The Morgan fingerprint density at radius 3 is 1.15 bits per heavy atom. The number of hydrogen-bond acceptors (Lipinski definition) is 4. The Labute approximate surface area is 353 Å². The van der Waals surface area contributed by atoms with Crippen molar-refractivity contribution in [1.29, 1.82) is 0 Å². The van der Waals surface area contributed by atoms with Gasteiger partial charge in [-0.15, -0.1) is 45.3 Å². The van der Waals surface area contributed by atoms with Gasteiger partial charge >= 0.3 is 0 Å². The Bertz CT molecular complexity index is 4080. The molecule has 0 saturated heterocycles. The zero-order valence-electron chi connectivity index (χ0n) is 31.3. The van der Waals surface area contributed by atoms with E-state index in [-0.39, 0.29) is 0 Å². The number of benzene rings is 9. The van der Waals surface area contributed by atoms with Crippen LogP contribution in [0.2, 0.25) is 0 Å². The molecule has 0 spiro atoms. The minimum atomic E-state index is 1.17. The van der Waals surface area contributed by atoms with Gasteiger partial charge in [-0.2, -0.15) is 0 Å². The zero-order valence-corrected chi connectivity index (χ0v) is 34.6. The summed E-state index contributed by atoms with van der Waals surface area (Å²) in [4.78, 5) is 0. The van der Waals surface area contributed by atoms with E-state index in [1.54, 1.807) is 0 Å². The Balaban J connectivity index is 0.944. The van der Waals surface area contributed by atoms with Gasteiger partial charge in [0.05, 0.1) is 11.0 Å². The molecular weight excluding hydrogens is 791 g/mol. The number of aromatic nitrogens is 1. The van der Waals surface area contributed by atoms with Crippen molar-refractivity contribution in [3.05, 3.63) is 176 Å². The lowest BCUT2D eigenvalue weighted by molar-refractivity contribution is 1.18. The van der Waals surface area contributed by atoms with Crippen molar-refractivity contribution < 1.29 is 0 Å². The van der Waals surface area contributed by atoms with E-state index < -0.39 is 0 Å². The van der Waals surface area contributed by atoms with E-state index in [0.717, 1.165) is 0 Å². The van der Waals surface area contributed by atoms with E-state index in [1.807, 2.05) is 45.3 Å². The van der Waals surface area contributed by atoms with Crippen molar-refractivity contribution in [2.45, 2.75) is 0 Å². The molecule has 5 aromatic heterocycles. The second-order valence-electron chi connectivity index (χ2n) is 15.6. The first-order chi connectivity index (χ1) is 29.2. The molecule has 0 aliphatic rings. The first-order valence-corrected chi connectivity index (χ1v) is 23.1. The fourth-order valence-electron chi connectivity index (χ4n) is 9.59. The van der Waals surface area contributed by atoms with Gasteiger partial charge in [-0.1, -0.05) is 78.9 Å². The molecule has 0 unspecified atom stereocenters. The van der Waals surface area contributed by atoms with Crippen LogP contribution in [-0.4, -0.2) is 4.57 Å². The first kappa shape index (κ1) is 32.6. The molecule has 0 aliphatic carbocycles. The summed E-state index contributed by atoms with van der Waals surface area (Å²) in [6.45, 7) is 0. The van der Waals surface area contributed by atoms with Gasteiger partial charge in [0.2, 0.25) is 0 Å². The highest BCUT2D eigenvalue weighted by Gasteiger charge is 2.18. The first-order valence-electron chi connectivity index (χ1n) is 19.9. The van der Waals surface area contributed by atoms with E-state index in [2.05, 4.69) is 180 Å². The minimum absolute atomic E-state index is 1.17. The Morgan fingerprint density at radius 2 is 0.610 bits per heavy atom. The summed E-state index contributed by atoms with van der Waals surface area (Å²) in [5.74, 6) is 0. The average molecular weight is 820 g/mol. The molecule has 0 N–H and O–H groups in total. The number of fused-ring (bicyclic) bond motifs is 15. The standard InChI is InChI=1S/C54H29NS4/c1-2-8-34(9-3-1)55-45-18-14-30(32-16-20-49-39(24-32)42-26-41-35-10-4-6-12-47(35)57-53(41)29-54(42)59-49)22-37(45)38-23-31(15-19-46(38)55)33-17-21-50-40(25-33)44-28-51-43(27-52(44)58-50)36-11-5-7-13-48(36)56-51/h1-29H. The lowest BCUT2D eigenvalue weighted by Gasteiger charge is -2.09.